The summed E-state index contributed by atoms with van der Waals surface area (Å²) in [6.07, 6.45) is 2.63. The molecule has 4 heteroatoms. The summed E-state index contributed by atoms with van der Waals surface area (Å²) in [4.78, 5) is 26.8. The fourth-order valence-corrected chi connectivity index (χ4v) is 3.62. The van der Waals surface area contributed by atoms with Gasteiger partial charge in [-0.2, -0.15) is 0 Å². The predicted octanol–water partition coefficient (Wildman–Crippen LogP) is 1.90. The van der Waals surface area contributed by atoms with Gasteiger partial charge < -0.3 is 4.74 Å². The predicted molar refractivity (Wildman–Crippen MR) is 74.4 cm³/mol. The van der Waals surface area contributed by atoms with Gasteiger partial charge in [0, 0.05) is 11.6 Å². The molecule has 106 valence electrons. The monoisotopic (exact) mass is 273 g/mol. The van der Waals surface area contributed by atoms with Crippen LogP contribution in [0.25, 0.3) is 0 Å². The van der Waals surface area contributed by atoms with E-state index in [9.17, 15) is 9.59 Å². The molecule has 20 heavy (non-hydrogen) atoms. The van der Waals surface area contributed by atoms with E-state index in [1.165, 1.54) is 7.11 Å². The molecule has 2 aliphatic heterocycles. The largest absolute Gasteiger partial charge is 0.469 e. The molecule has 3 rings (SSSR count). The number of benzene rings is 1. The number of esters is 1. The van der Waals surface area contributed by atoms with Crippen molar-refractivity contribution in [1.29, 1.82) is 0 Å². The summed E-state index contributed by atoms with van der Waals surface area (Å²) >= 11 is 0. The lowest BCUT2D eigenvalue weighted by Crippen LogP contribution is -2.38. The zero-order valence-electron chi connectivity index (χ0n) is 11.6. The van der Waals surface area contributed by atoms with Gasteiger partial charge in [0.2, 0.25) is 0 Å². The molecular weight excluding hydrogens is 254 g/mol. The number of carbonyl (C=O) groups excluding carboxylic acids is 2. The van der Waals surface area contributed by atoms with Gasteiger partial charge in [0.1, 0.15) is 0 Å². The molecule has 2 aliphatic rings. The summed E-state index contributed by atoms with van der Waals surface area (Å²) in [6.45, 7) is 0.904. The highest BCUT2D eigenvalue weighted by Crippen LogP contribution is 2.38. The normalized spacial score (nSPS) is 29.1. The molecule has 4 nitrogen and oxygen atoms in total. The molecule has 0 aromatic heterocycles. The Morgan fingerprint density at radius 3 is 2.70 bits per heavy atom. The molecule has 2 fully saturated rings. The summed E-state index contributed by atoms with van der Waals surface area (Å²) < 4.78 is 4.90. The zero-order valence-corrected chi connectivity index (χ0v) is 11.6. The van der Waals surface area contributed by atoms with Crippen LogP contribution in [0.2, 0.25) is 0 Å². The fraction of sp³-hybridized carbons (Fsp3) is 0.500. The van der Waals surface area contributed by atoms with Crippen LogP contribution in [0.4, 0.5) is 0 Å². The molecule has 0 unspecified atom stereocenters. The molecule has 3 atom stereocenters. The Hall–Kier alpha value is -1.68. The molecule has 0 saturated carbocycles. The van der Waals surface area contributed by atoms with Gasteiger partial charge >= 0.3 is 5.97 Å². The second-order valence-electron chi connectivity index (χ2n) is 5.56. The quantitative estimate of drug-likeness (QED) is 0.623. The first-order valence-corrected chi connectivity index (χ1v) is 7.15. The van der Waals surface area contributed by atoms with Crippen LogP contribution in [0.3, 0.4) is 0 Å². The Morgan fingerprint density at radius 1 is 1.25 bits per heavy atom. The number of hydrogen-bond donors (Lipinski definition) is 0. The van der Waals surface area contributed by atoms with Crippen molar-refractivity contribution in [3.05, 3.63) is 35.9 Å². The maximum absolute atomic E-state index is 12.7. The minimum absolute atomic E-state index is 0.129. The lowest BCUT2D eigenvalue weighted by Gasteiger charge is -2.22. The van der Waals surface area contributed by atoms with E-state index in [-0.39, 0.29) is 29.8 Å². The van der Waals surface area contributed by atoms with Crippen LogP contribution in [0.5, 0.6) is 0 Å². The first-order chi connectivity index (χ1) is 9.72. The van der Waals surface area contributed by atoms with Crippen LogP contribution in [0, 0.1) is 5.92 Å². The smallest absolute Gasteiger partial charge is 0.310 e. The van der Waals surface area contributed by atoms with E-state index < -0.39 is 0 Å². The average Bonchev–Trinajstić information content (AvgIpc) is 3.08. The van der Waals surface area contributed by atoms with Crippen LogP contribution in [-0.2, 0) is 9.53 Å². The molecular formula is C16H19NO3. The number of Topliss-reactive ketones (excluding diaryl/α,β-unsaturated/α-hetero) is 1. The van der Waals surface area contributed by atoms with Gasteiger partial charge in [-0.3, -0.25) is 14.5 Å². The first-order valence-electron chi connectivity index (χ1n) is 7.15. The van der Waals surface area contributed by atoms with Crippen LogP contribution < -0.4 is 0 Å². The average molecular weight is 273 g/mol. The number of methoxy groups -OCH3 is 1. The SMILES string of the molecule is COC(=O)[C@@H]1C[C@@H](C(=O)c2ccccc2)N2CCC[C@H]12. The lowest BCUT2D eigenvalue weighted by atomic mass is 9.94. The maximum atomic E-state index is 12.7. The second-order valence-corrected chi connectivity index (χ2v) is 5.56. The van der Waals surface area contributed by atoms with Crippen molar-refractivity contribution in [3.63, 3.8) is 0 Å². The van der Waals surface area contributed by atoms with E-state index in [2.05, 4.69) is 4.90 Å². The number of ether oxygens (including phenoxy) is 1. The first kappa shape index (κ1) is 13.3. The summed E-state index contributed by atoms with van der Waals surface area (Å²) in [5, 5.41) is 0. The summed E-state index contributed by atoms with van der Waals surface area (Å²) in [5.74, 6) is -0.200. The highest BCUT2D eigenvalue weighted by Gasteiger charge is 2.49. The van der Waals surface area contributed by atoms with E-state index in [1.807, 2.05) is 30.3 Å². The summed E-state index contributed by atoms with van der Waals surface area (Å²) in [6, 6.07) is 9.36. The molecule has 0 aliphatic carbocycles. The van der Waals surface area contributed by atoms with Gasteiger partial charge in [-0.05, 0) is 25.8 Å². The number of hydrogen-bond acceptors (Lipinski definition) is 4. The molecule has 1 aromatic rings. The fourth-order valence-electron chi connectivity index (χ4n) is 3.62. The highest BCUT2D eigenvalue weighted by molar-refractivity contribution is 6.00. The number of nitrogens with zero attached hydrogens (tertiary/aromatic N) is 1. The van der Waals surface area contributed by atoms with Crippen molar-refractivity contribution in [2.45, 2.75) is 31.3 Å². The molecule has 2 saturated heterocycles. The van der Waals surface area contributed by atoms with Gasteiger partial charge in [0.15, 0.2) is 5.78 Å². The third-order valence-electron chi connectivity index (χ3n) is 4.55. The molecule has 0 spiro atoms. The Kier molecular flexibility index (Phi) is 3.57. The standard InChI is InChI=1S/C16H19NO3/c1-20-16(19)12-10-14(17-9-5-8-13(12)17)15(18)11-6-3-2-4-7-11/h2-4,6-7,12-14H,5,8-10H2,1H3/t12-,13-,14+/m1/s1. The Bertz CT molecular complexity index is 514. The van der Waals surface area contributed by atoms with E-state index in [0.717, 1.165) is 24.9 Å². The number of carbonyl (C=O) groups is 2. The number of ketones is 1. The van der Waals surface area contributed by atoms with Crippen LogP contribution >= 0.6 is 0 Å². The number of fused-ring (bicyclic) bond motifs is 1. The molecule has 0 radical (unpaired) electrons. The van der Waals surface area contributed by atoms with Crippen molar-refractivity contribution >= 4 is 11.8 Å². The van der Waals surface area contributed by atoms with Gasteiger partial charge in [-0.1, -0.05) is 30.3 Å². The topological polar surface area (TPSA) is 46.6 Å². The van der Waals surface area contributed by atoms with E-state index in [4.69, 9.17) is 4.74 Å². The highest BCUT2D eigenvalue weighted by atomic mass is 16.5. The minimum atomic E-state index is -0.176. The molecule has 0 amide bonds. The Morgan fingerprint density at radius 2 is 2.00 bits per heavy atom. The second kappa shape index (κ2) is 5.37. The van der Waals surface area contributed by atoms with Crippen molar-refractivity contribution in [3.8, 4) is 0 Å². The van der Waals surface area contributed by atoms with Crippen molar-refractivity contribution in [2.75, 3.05) is 13.7 Å². The Labute approximate surface area is 118 Å². The summed E-state index contributed by atoms with van der Waals surface area (Å²) in [7, 11) is 1.42. The molecule has 2 heterocycles. The van der Waals surface area contributed by atoms with Crippen molar-refractivity contribution < 1.29 is 14.3 Å². The van der Waals surface area contributed by atoms with Crippen LogP contribution in [0.1, 0.15) is 29.6 Å². The van der Waals surface area contributed by atoms with Gasteiger partial charge in [-0.15, -0.1) is 0 Å². The third kappa shape index (κ3) is 2.14. The van der Waals surface area contributed by atoms with Crippen LogP contribution in [-0.4, -0.2) is 42.4 Å². The lowest BCUT2D eigenvalue weighted by molar-refractivity contribution is -0.146. The van der Waals surface area contributed by atoms with Crippen molar-refractivity contribution in [2.24, 2.45) is 5.92 Å². The summed E-state index contributed by atoms with van der Waals surface area (Å²) in [5.41, 5.74) is 0.730. The van der Waals surface area contributed by atoms with E-state index in [1.54, 1.807) is 0 Å². The van der Waals surface area contributed by atoms with E-state index >= 15 is 0 Å². The third-order valence-corrected chi connectivity index (χ3v) is 4.55. The Balaban J connectivity index is 1.84. The van der Waals surface area contributed by atoms with Gasteiger partial charge in [0.05, 0.1) is 19.1 Å². The minimum Gasteiger partial charge on any atom is -0.469 e. The molecule has 0 N–H and O–H groups in total. The van der Waals surface area contributed by atoms with Gasteiger partial charge in [0.25, 0.3) is 0 Å². The maximum Gasteiger partial charge on any atom is 0.310 e. The number of rotatable bonds is 3. The molecule has 1 aromatic carbocycles. The van der Waals surface area contributed by atoms with E-state index in [0.29, 0.717) is 6.42 Å². The van der Waals surface area contributed by atoms with Gasteiger partial charge in [-0.25, -0.2) is 0 Å². The zero-order chi connectivity index (χ0) is 14.1. The van der Waals surface area contributed by atoms with Crippen LogP contribution in [0.15, 0.2) is 30.3 Å². The van der Waals surface area contributed by atoms with Crippen molar-refractivity contribution in [1.82, 2.24) is 4.90 Å². The molecule has 0 bridgehead atoms.